The highest BCUT2D eigenvalue weighted by Crippen LogP contribution is 2.42. The summed E-state index contributed by atoms with van der Waals surface area (Å²) in [4.78, 5) is 21.0. The van der Waals surface area contributed by atoms with E-state index in [9.17, 15) is 4.79 Å². The minimum absolute atomic E-state index is 0.209. The van der Waals surface area contributed by atoms with Crippen molar-refractivity contribution in [3.8, 4) is 0 Å². The van der Waals surface area contributed by atoms with E-state index in [1.807, 2.05) is 30.5 Å². The first kappa shape index (κ1) is 18.5. The lowest BCUT2D eigenvalue weighted by Crippen LogP contribution is -2.35. The van der Waals surface area contributed by atoms with Gasteiger partial charge in [-0.1, -0.05) is 12.5 Å². The molecule has 5 N–H and O–H groups in total. The Bertz CT molecular complexity index is 831. The molecule has 7 nitrogen and oxygen atoms in total. The molecule has 0 spiro atoms. The highest BCUT2D eigenvalue weighted by molar-refractivity contribution is 5.79. The normalized spacial score (nSPS) is 16.3. The molecule has 1 amide bonds. The number of hydrogen-bond acceptors (Lipinski definition) is 6. The smallest absolute Gasteiger partial charge is 0.229 e. The van der Waals surface area contributed by atoms with E-state index in [2.05, 4.69) is 25.9 Å². The molecule has 2 aliphatic carbocycles. The van der Waals surface area contributed by atoms with E-state index in [0.717, 1.165) is 37.3 Å². The number of nitrogens with one attached hydrogen (secondary N) is 3. The van der Waals surface area contributed by atoms with Gasteiger partial charge in [0.15, 0.2) is 0 Å². The molecule has 2 aliphatic rings. The number of carbonyl (C=O) groups excluding carboxylic acids is 1. The number of nitrogens with zero attached hydrogens (tertiary/aromatic N) is 2. The first-order valence-electron chi connectivity index (χ1n) is 10.2. The predicted octanol–water partition coefficient (Wildman–Crippen LogP) is 3.40. The van der Waals surface area contributed by atoms with Crippen molar-refractivity contribution in [3.63, 3.8) is 0 Å². The SMILES string of the molecule is Nc1cccc(Nc2ncc(C3CC3)c(NCCCNC(=O)C3CCC3)n2)c1. The molecule has 2 fully saturated rings. The zero-order valence-corrected chi connectivity index (χ0v) is 16.1. The van der Waals surface area contributed by atoms with Gasteiger partial charge in [0.25, 0.3) is 0 Å². The maximum absolute atomic E-state index is 11.9. The minimum atomic E-state index is 0.209. The van der Waals surface area contributed by atoms with Gasteiger partial charge in [0, 0.05) is 42.1 Å². The van der Waals surface area contributed by atoms with E-state index < -0.39 is 0 Å². The van der Waals surface area contributed by atoms with Crippen LogP contribution in [0.25, 0.3) is 0 Å². The van der Waals surface area contributed by atoms with Crippen LogP contribution in [0.4, 0.5) is 23.1 Å². The summed E-state index contributed by atoms with van der Waals surface area (Å²) in [6, 6.07) is 7.54. The van der Waals surface area contributed by atoms with Crippen LogP contribution in [0.15, 0.2) is 30.5 Å². The number of amides is 1. The lowest BCUT2D eigenvalue weighted by molar-refractivity contribution is -0.127. The highest BCUT2D eigenvalue weighted by atomic mass is 16.1. The number of hydrogen-bond donors (Lipinski definition) is 4. The van der Waals surface area contributed by atoms with Gasteiger partial charge in [-0.15, -0.1) is 0 Å². The molecule has 2 aromatic rings. The number of anilines is 4. The van der Waals surface area contributed by atoms with E-state index in [0.29, 0.717) is 24.1 Å². The van der Waals surface area contributed by atoms with Gasteiger partial charge in [-0.05, 0) is 56.2 Å². The quantitative estimate of drug-likeness (QED) is 0.393. The van der Waals surface area contributed by atoms with Crippen LogP contribution in [-0.4, -0.2) is 29.0 Å². The molecule has 0 saturated heterocycles. The van der Waals surface area contributed by atoms with Crippen LogP contribution in [0.1, 0.15) is 50.0 Å². The van der Waals surface area contributed by atoms with Crippen molar-refractivity contribution < 1.29 is 4.79 Å². The molecule has 0 aliphatic heterocycles. The monoisotopic (exact) mass is 380 g/mol. The number of aromatic nitrogens is 2. The third-order valence-electron chi connectivity index (χ3n) is 5.40. The zero-order chi connectivity index (χ0) is 19.3. The summed E-state index contributed by atoms with van der Waals surface area (Å²) < 4.78 is 0. The lowest BCUT2D eigenvalue weighted by Gasteiger charge is -2.24. The summed E-state index contributed by atoms with van der Waals surface area (Å²) in [6.07, 6.45) is 8.43. The summed E-state index contributed by atoms with van der Waals surface area (Å²) >= 11 is 0. The molecule has 2 saturated carbocycles. The fraction of sp³-hybridized carbons (Fsp3) is 0.476. The first-order chi connectivity index (χ1) is 13.7. The summed E-state index contributed by atoms with van der Waals surface area (Å²) in [5.41, 5.74) is 8.58. The maximum Gasteiger partial charge on any atom is 0.229 e. The van der Waals surface area contributed by atoms with Gasteiger partial charge in [-0.25, -0.2) is 4.98 Å². The van der Waals surface area contributed by atoms with Crippen molar-refractivity contribution in [2.75, 3.05) is 29.5 Å². The molecule has 4 rings (SSSR count). The molecule has 1 heterocycles. The molecule has 0 atom stereocenters. The molecule has 148 valence electrons. The second-order valence-corrected chi connectivity index (χ2v) is 7.72. The van der Waals surface area contributed by atoms with Crippen LogP contribution in [0, 0.1) is 5.92 Å². The van der Waals surface area contributed by atoms with Crippen molar-refractivity contribution in [2.45, 2.75) is 44.4 Å². The number of carbonyl (C=O) groups is 1. The van der Waals surface area contributed by atoms with E-state index in [4.69, 9.17) is 5.73 Å². The largest absolute Gasteiger partial charge is 0.399 e. The molecule has 0 radical (unpaired) electrons. The van der Waals surface area contributed by atoms with Crippen molar-refractivity contribution in [3.05, 3.63) is 36.0 Å². The highest BCUT2D eigenvalue weighted by Gasteiger charge is 2.27. The van der Waals surface area contributed by atoms with E-state index in [-0.39, 0.29) is 11.8 Å². The Hall–Kier alpha value is -2.83. The van der Waals surface area contributed by atoms with Crippen LogP contribution < -0.4 is 21.7 Å². The Kier molecular flexibility index (Phi) is 5.60. The van der Waals surface area contributed by atoms with Gasteiger partial charge in [0.1, 0.15) is 5.82 Å². The van der Waals surface area contributed by atoms with Gasteiger partial charge in [0.2, 0.25) is 11.9 Å². The second-order valence-electron chi connectivity index (χ2n) is 7.72. The average Bonchev–Trinajstić information content (AvgIpc) is 3.45. The summed E-state index contributed by atoms with van der Waals surface area (Å²) in [5, 5.41) is 9.68. The molecule has 1 aromatic heterocycles. The number of nitrogen functional groups attached to an aromatic ring is 1. The summed E-state index contributed by atoms with van der Waals surface area (Å²) in [7, 11) is 0. The van der Waals surface area contributed by atoms with Crippen molar-refractivity contribution in [1.29, 1.82) is 0 Å². The topological polar surface area (TPSA) is 105 Å². The maximum atomic E-state index is 11.9. The van der Waals surface area contributed by atoms with Gasteiger partial charge >= 0.3 is 0 Å². The lowest BCUT2D eigenvalue weighted by atomic mass is 9.85. The predicted molar refractivity (Wildman–Crippen MR) is 112 cm³/mol. The van der Waals surface area contributed by atoms with Crippen LogP contribution in [-0.2, 0) is 4.79 Å². The summed E-state index contributed by atoms with van der Waals surface area (Å²) in [5.74, 6) is 2.45. The van der Waals surface area contributed by atoms with Crippen LogP contribution in [0.2, 0.25) is 0 Å². The van der Waals surface area contributed by atoms with E-state index in [1.165, 1.54) is 24.8 Å². The minimum Gasteiger partial charge on any atom is -0.399 e. The molecular weight excluding hydrogens is 352 g/mol. The third-order valence-corrected chi connectivity index (χ3v) is 5.40. The molecule has 1 aromatic carbocycles. The van der Waals surface area contributed by atoms with Gasteiger partial charge in [-0.2, -0.15) is 4.98 Å². The molecule has 28 heavy (non-hydrogen) atoms. The van der Waals surface area contributed by atoms with E-state index >= 15 is 0 Å². The van der Waals surface area contributed by atoms with E-state index in [1.54, 1.807) is 0 Å². The van der Waals surface area contributed by atoms with Crippen LogP contribution in [0.5, 0.6) is 0 Å². The third kappa shape index (κ3) is 4.71. The Morgan fingerprint density at radius 1 is 1.18 bits per heavy atom. The number of benzene rings is 1. The second kappa shape index (κ2) is 8.46. The molecule has 7 heteroatoms. The average molecular weight is 380 g/mol. The molecular formula is C21H28N6O. The number of nitrogens with two attached hydrogens (primary N) is 1. The van der Waals surface area contributed by atoms with Crippen molar-refractivity contribution >= 4 is 29.0 Å². The first-order valence-corrected chi connectivity index (χ1v) is 10.2. The Balaban J connectivity index is 1.32. The summed E-state index contributed by atoms with van der Waals surface area (Å²) in [6.45, 7) is 1.46. The zero-order valence-electron chi connectivity index (χ0n) is 16.1. The Labute approximate surface area is 165 Å². The fourth-order valence-electron chi connectivity index (χ4n) is 3.35. The Morgan fingerprint density at radius 2 is 2.04 bits per heavy atom. The standard InChI is InChI=1S/C21H28N6O/c22-16-6-2-7-17(12-16)26-21-25-13-18(14-8-9-14)19(27-21)23-10-3-11-24-20(28)15-4-1-5-15/h2,6-7,12-15H,1,3-5,8-11,22H2,(H,24,28)(H2,23,25,26,27). The van der Waals surface area contributed by atoms with Crippen LogP contribution >= 0.6 is 0 Å². The van der Waals surface area contributed by atoms with Gasteiger partial charge in [0.05, 0.1) is 0 Å². The number of rotatable bonds is 9. The van der Waals surface area contributed by atoms with Gasteiger partial charge in [-0.3, -0.25) is 4.79 Å². The van der Waals surface area contributed by atoms with Crippen molar-refractivity contribution in [2.24, 2.45) is 5.92 Å². The van der Waals surface area contributed by atoms with Crippen LogP contribution in [0.3, 0.4) is 0 Å². The molecule has 0 bridgehead atoms. The van der Waals surface area contributed by atoms with Crippen molar-refractivity contribution in [1.82, 2.24) is 15.3 Å². The fourth-order valence-corrected chi connectivity index (χ4v) is 3.35. The molecule has 0 unspecified atom stereocenters. The Morgan fingerprint density at radius 3 is 2.75 bits per heavy atom. The van der Waals surface area contributed by atoms with Gasteiger partial charge < -0.3 is 21.7 Å².